The van der Waals surface area contributed by atoms with Gasteiger partial charge in [0.05, 0.1) is 21.1 Å². The van der Waals surface area contributed by atoms with Crippen LogP contribution in [0.25, 0.3) is 0 Å². The van der Waals surface area contributed by atoms with Gasteiger partial charge in [-0.15, -0.1) is 0 Å². The molecule has 7 heteroatoms. The second kappa shape index (κ2) is 5.94. The topological polar surface area (TPSA) is 64.4 Å². The van der Waals surface area contributed by atoms with Crippen molar-refractivity contribution in [2.75, 3.05) is 12.4 Å². The quantitative estimate of drug-likeness (QED) is 0.677. The second-order valence-electron chi connectivity index (χ2n) is 4.55. The number of methoxy groups -OCH3 is 1. The molecular weight excluding hydrogens is 291 g/mol. The van der Waals surface area contributed by atoms with Crippen molar-refractivity contribution in [3.8, 4) is 0 Å². The summed E-state index contributed by atoms with van der Waals surface area (Å²) in [6.07, 6.45) is 2.90. The minimum atomic E-state index is -0.465. The molecule has 1 N–H and O–H groups in total. The van der Waals surface area contributed by atoms with Gasteiger partial charge in [0.15, 0.2) is 0 Å². The molecule has 1 aromatic carbocycles. The molecule has 0 bridgehead atoms. The first kappa shape index (κ1) is 14.4. The molecule has 1 fully saturated rings. The van der Waals surface area contributed by atoms with E-state index in [1.165, 1.54) is 12.1 Å². The minimum Gasteiger partial charge on any atom is -0.381 e. The van der Waals surface area contributed by atoms with Gasteiger partial charge in [-0.2, -0.15) is 0 Å². The third kappa shape index (κ3) is 3.29. The Labute approximate surface area is 121 Å². The molecule has 5 nitrogen and oxygen atoms in total. The molecule has 0 radical (unpaired) electrons. The molecular formula is C12H14Cl2N2O3. The van der Waals surface area contributed by atoms with Gasteiger partial charge in [0.25, 0.3) is 5.69 Å². The van der Waals surface area contributed by atoms with Crippen molar-refractivity contribution in [2.45, 2.75) is 31.4 Å². The average Bonchev–Trinajstić information content (AvgIpc) is 2.81. The van der Waals surface area contributed by atoms with Crippen LogP contribution in [-0.2, 0) is 4.74 Å². The highest BCUT2D eigenvalue weighted by Gasteiger charge is 2.27. The van der Waals surface area contributed by atoms with Crippen LogP contribution in [0.1, 0.15) is 19.3 Å². The molecule has 2 unspecified atom stereocenters. The van der Waals surface area contributed by atoms with E-state index in [2.05, 4.69) is 5.32 Å². The van der Waals surface area contributed by atoms with E-state index in [0.29, 0.717) is 10.7 Å². The number of nitrogens with one attached hydrogen (secondary N) is 1. The van der Waals surface area contributed by atoms with Crippen LogP contribution < -0.4 is 5.32 Å². The summed E-state index contributed by atoms with van der Waals surface area (Å²) >= 11 is 11.7. The van der Waals surface area contributed by atoms with Gasteiger partial charge >= 0.3 is 0 Å². The standard InChI is InChI=1S/C12H14Cl2N2O3/c1-19-8-3-2-7(4-8)15-11-5-9(13)10(14)6-12(11)16(17)18/h5-8,15H,2-4H2,1H3. The Morgan fingerprint density at radius 1 is 1.37 bits per heavy atom. The van der Waals surface area contributed by atoms with Crippen LogP contribution in [0.4, 0.5) is 11.4 Å². The monoisotopic (exact) mass is 304 g/mol. The summed E-state index contributed by atoms with van der Waals surface area (Å²) in [4.78, 5) is 10.6. The van der Waals surface area contributed by atoms with E-state index in [1.54, 1.807) is 7.11 Å². The highest BCUT2D eigenvalue weighted by Crippen LogP contribution is 2.36. The van der Waals surface area contributed by atoms with Crippen LogP contribution in [-0.4, -0.2) is 24.2 Å². The Hall–Kier alpha value is -1.04. The molecule has 0 aromatic heterocycles. The van der Waals surface area contributed by atoms with E-state index >= 15 is 0 Å². The van der Waals surface area contributed by atoms with Gasteiger partial charge in [-0.1, -0.05) is 23.2 Å². The molecule has 0 saturated heterocycles. The Kier molecular flexibility index (Phi) is 4.50. The van der Waals surface area contributed by atoms with Gasteiger partial charge in [0.2, 0.25) is 0 Å². The van der Waals surface area contributed by atoms with Gasteiger partial charge < -0.3 is 10.1 Å². The van der Waals surface area contributed by atoms with Crippen LogP contribution in [0.3, 0.4) is 0 Å². The Balaban J connectivity index is 2.20. The lowest BCUT2D eigenvalue weighted by Gasteiger charge is -2.15. The fourth-order valence-corrected chi connectivity index (χ4v) is 2.63. The normalized spacial score (nSPS) is 22.5. The maximum atomic E-state index is 11.0. The summed E-state index contributed by atoms with van der Waals surface area (Å²) < 4.78 is 5.28. The number of ether oxygens (including phenoxy) is 1. The molecule has 1 aliphatic rings. The lowest BCUT2D eigenvalue weighted by molar-refractivity contribution is -0.384. The van der Waals surface area contributed by atoms with E-state index < -0.39 is 4.92 Å². The first-order valence-electron chi connectivity index (χ1n) is 5.94. The second-order valence-corrected chi connectivity index (χ2v) is 5.37. The smallest absolute Gasteiger partial charge is 0.293 e. The van der Waals surface area contributed by atoms with Crippen LogP contribution in [0.2, 0.25) is 10.0 Å². The molecule has 0 spiro atoms. The molecule has 1 saturated carbocycles. The van der Waals surface area contributed by atoms with Crippen LogP contribution in [0, 0.1) is 10.1 Å². The lowest BCUT2D eigenvalue weighted by Crippen LogP contribution is -2.18. The van der Waals surface area contributed by atoms with Gasteiger partial charge in [-0.25, -0.2) is 0 Å². The fourth-order valence-electron chi connectivity index (χ4n) is 2.31. The van der Waals surface area contributed by atoms with Gasteiger partial charge in [0, 0.05) is 19.2 Å². The molecule has 1 aromatic rings. The largest absolute Gasteiger partial charge is 0.381 e. The first-order chi connectivity index (χ1) is 9.01. The van der Waals surface area contributed by atoms with Crippen molar-refractivity contribution >= 4 is 34.6 Å². The number of hydrogen-bond acceptors (Lipinski definition) is 4. The minimum absolute atomic E-state index is 0.0599. The Morgan fingerprint density at radius 3 is 2.63 bits per heavy atom. The van der Waals surface area contributed by atoms with E-state index in [9.17, 15) is 10.1 Å². The van der Waals surface area contributed by atoms with E-state index in [-0.39, 0.29) is 22.9 Å². The van der Waals surface area contributed by atoms with Gasteiger partial charge in [-0.05, 0) is 25.3 Å². The maximum Gasteiger partial charge on any atom is 0.293 e. The SMILES string of the molecule is COC1CCC(Nc2cc(Cl)c(Cl)cc2[N+](=O)[O-])C1. The molecule has 104 valence electrons. The number of rotatable bonds is 4. The molecule has 2 atom stereocenters. The zero-order valence-electron chi connectivity index (χ0n) is 10.4. The molecule has 0 amide bonds. The number of halogens is 2. The van der Waals surface area contributed by atoms with Crippen molar-refractivity contribution in [3.63, 3.8) is 0 Å². The number of anilines is 1. The number of nitro groups is 1. The van der Waals surface area contributed by atoms with Crippen molar-refractivity contribution in [3.05, 3.63) is 32.3 Å². The summed E-state index contributed by atoms with van der Waals surface area (Å²) in [6, 6.07) is 2.93. The summed E-state index contributed by atoms with van der Waals surface area (Å²) in [6.45, 7) is 0. The molecule has 19 heavy (non-hydrogen) atoms. The third-order valence-electron chi connectivity index (χ3n) is 3.31. The summed E-state index contributed by atoms with van der Waals surface area (Å²) in [5, 5.41) is 14.7. The van der Waals surface area contributed by atoms with E-state index in [4.69, 9.17) is 27.9 Å². The average molecular weight is 305 g/mol. The number of nitrogens with zero attached hydrogens (tertiary/aromatic N) is 1. The van der Waals surface area contributed by atoms with Crippen LogP contribution in [0.5, 0.6) is 0 Å². The van der Waals surface area contributed by atoms with Crippen molar-refractivity contribution in [2.24, 2.45) is 0 Å². The van der Waals surface area contributed by atoms with Crippen LogP contribution in [0.15, 0.2) is 12.1 Å². The summed E-state index contributed by atoms with van der Waals surface area (Å²) in [7, 11) is 1.68. The highest BCUT2D eigenvalue weighted by molar-refractivity contribution is 6.42. The first-order valence-corrected chi connectivity index (χ1v) is 6.69. The van der Waals surface area contributed by atoms with Crippen LogP contribution >= 0.6 is 23.2 Å². The zero-order valence-corrected chi connectivity index (χ0v) is 11.9. The number of hydrogen-bond donors (Lipinski definition) is 1. The summed E-state index contributed by atoms with van der Waals surface area (Å²) in [5.41, 5.74) is 0.344. The predicted octanol–water partition coefficient (Wildman–Crippen LogP) is 3.88. The Morgan fingerprint density at radius 2 is 2.05 bits per heavy atom. The van der Waals surface area contributed by atoms with Crippen molar-refractivity contribution in [1.82, 2.24) is 0 Å². The van der Waals surface area contributed by atoms with E-state index in [1.807, 2.05) is 0 Å². The highest BCUT2D eigenvalue weighted by atomic mass is 35.5. The van der Waals surface area contributed by atoms with E-state index in [0.717, 1.165) is 19.3 Å². The van der Waals surface area contributed by atoms with Crippen molar-refractivity contribution in [1.29, 1.82) is 0 Å². The molecule has 0 heterocycles. The predicted molar refractivity (Wildman–Crippen MR) is 75.2 cm³/mol. The lowest BCUT2D eigenvalue weighted by atomic mass is 10.2. The molecule has 0 aliphatic heterocycles. The maximum absolute atomic E-state index is 11.0. The fraction of sp³-hybridized carbons (Fsp3) is 0.500. The zero-order chi connectivity index (χ0) is 14.0. The third-order valence-corrected chi connectivity index (χ3v) is 4.03. The van der Waals surface area contributed by atoms with Gasteiger partial charge in [-0.3, -0.25) is 10.1 Å². The number of benzene rings is 1. The molecule has 1 aliphatic carbocycles. The Bertz CT molecular complexity index is 496. The molecule has 2 rings (SSSR count). The summed E-state index contributed by atoms with van der Waals surface area (Å²) in [5.74, 6) is 0. The number of nitro benzene ring substituents is 1. The van der Waals surface area contributed by atoms with Crippen molar-refractivity contribution < 1.29 is 9.66 Å². The van der Waals surface area contributed by atoms with Gasteiger partial charge in [0.1, 0.15) is 5.69 Å².